The van der Waals surface area contributed by atoms with E-state index in [1.165, 1.54) is 12.1 Å². The summed E-state index contributed by atoms with van der Waals surface area (Å²) in [4.78, 5) is 18.4. The Labute approximate surface area is 145 Å². The maximum atomic E-state index is 13.3. The van der Waals surface area contributed by atoms with Gasteiger partial charge in [0, 0.05) is 30.7 Å². The van der Waals surface area contributed by atoms with Crippen molar-refractivity contribution in [2.24, 2.45) is 0 Å². The number of amides is 1. The van der Waals surface area contributed by atoms with Crippen molar-refractivity contribution in [1.29, 1.82) is 0 Å². The van der Waals surface area contributed by atoms with Gasteiger partial charge in [0.25, 0.3) is 0 Å². The van der Waals surface area contributed by atoms with Gasteiger partial charge in [-0.25, -0.2) is 4.39 Å². The van der Waals surface area contributed by atoms with Gasteiger partial charge in [0.2, 0.25) is 5.91 Å². The molecule has 1 aliphatic rings. The molecule has 0 spiro atoms. The summed E-state index contributed by atoms with van der Waals surface area (Å²) in [5.74, 6) is -0.490. The van der Waals surface area contributed by atoms with Crippen LogP contribution in [0.4, 0.5) is 10.1 Å². The molecule has 126 valence electrons. The molecule has 1 amide bonds. The van der Waals surface area contributed by atoms with Crippen molar-refractivity contribution in [1.82, 2.24) is 10.3 Å². The lowest BCUT2D eigenvalue weighted by molar-refractivity contribution is -0.119. The zero-order valence-electron chi connectivity index (χ0n) is 13.4. The van der Waals surface area contributed by atoms with Gasteiger partial charge in [-0.1, -0.05) is 18.5 Å². The van der Waals surface area contributed by atoms with Gasteiger partial charge in [-0.3, -0.25) is 15.1 Å². The van der Waals surface area contributed by atoms with Gasteiger partial charge in [-0.2, -0.15) is 0 Å². The van der Waals surface area contributed by atoms with Gasteiger partial charge in [-0.05, 0) is 48.7 Å². The van der Waals surface area contributed by atoms with Gasteiger partial charge in [0.05, 0.1) is 11.1 Å². The quantitative estimate of drug-likeness (QED) is 0.896. The number of rotatable bonds is 5. The molecule has 1 aliphatic heterocycles. The molecule has 2 heterocycles. The van der Waals surface area contributed by atoms with Crippen molar-refractivity contribution in [2.75, 3.05) is 11.4 Å². The van der Waals surface area contributed by atoms with Gasteiger partial charge >= 0.3 is 0 Å². The Bertz CT molecular complexity index is 725. The summed E-state index contributed by atoms with van der Waals surface area (Å²) in [7, 11) is 0. The number of hydrogen-bond acceptors (Lipinski definition) is 3. The first-order chi connectivity index (χ1) is 11.6. The van der Waals surface area contributed by atoms with Crippen LogP contribution in [0.5, 0.6) is 0 Å². The fraction of sp³-hybridized carbons (Fsp3) is 0.333. The lowest BCUT2D eigenvalue weighted by Crippen LogP contribution is -2.40. The number of halogens is 2. The third kappa shape index (κ3) is 3.42. The second kappa shape index (κ2) is 7.28. The van der Waals surface area contributed by atoms with Crippen LogP contribution in [0.1, 0.15) is 31.4 Å². The second-order valence-electron chi connectivity index (χ2n) is 5.84. The largest absolute Gasteiger partial charge is 0.311 e. The molecule has 1 aromatic carbocycles. The van der Waals surface area contributed by atoms with E-state index in [-0.39, 0.29) is 23.0 Å². The van der Waals surface area contributed by atoms with Crippen molar-refractivity contribution in [2.45, 2.75) is 31.8 Å². The van der Waals surface area contributed by atoms with Gasteiger partial charge in [-0.15, -0.1) is 0 Å². The molecule has 4 nitrogen and oxygen atoms in total. The highest BCUT2D eigenvalue weighted by Crippen LogP contribution is 2.27. The van der Waals surface area contributed by atoms with Crippen LogP contribution in [-0.2, 0) is 4.79 Å². The molecule has 0 aliphatic carbocycles. The first-order valence-corrected chi connectivity index (χ1v) is 8.40. The Hall–Kier alpha value is -1.98. The summed E-state index contributed by atoms with van der Waals surface area (Å²) < 4.78 is 13.3. The van der Waals surface area contributed by atoms with Crippen LogP contribution in [0.3, 0.4) is 0 Å². The summed E-state index contributed by atoms with van der Waals surface area (Å²) >= 11 is 5.83. The van der Waals surface area contributed by atoms with Crippen LogP contribution in [0.15, 0.2) is 42.7 Å². The number of carbonyl (C=O) groups is 1. The van der Waals surface area contributed by atoms with Crippen molar-refractivity contribution in [3.63, 3.8) is 0 Å². The summed E-state index contributed by atoms with van der Waals surface area (Å²) in [5, 5.41) is 3.46. The number of aromatic nitrogens is 1. The molecule has 1 fully saturated rings. The Morgan fingerprint density at radius 3 is 2.79 bits per heavy atom. The third-order valence-electron chi connectivity index (χ3n) is 4.34. The van der Waals surface area contributed by atoms with Crippen LogP contribution >= 0.6 is 11.6 Å². The molecule has 2 unspecified atom stereocenters. The molecule has 0 radical (unpaired) electrons. The number of nitrogens with zero attached hydrogens (tertiary/aromatic N) is 2. The molecule has 24 heavy (non-hydrogen) atoms. The van der Waals surface area contributed by atoms with E-state index < -0.39 is 5.82 Å². The molecule has 1 aromatic heterocycles. The molecule has 2 atom stereocenters. The SMILES string of the molecule is CCC(NC1CCN(c2ccc(F)c(Cl)c2)C1=O)c1ccncc1. The average Bonchev–Trinajstić information content (AvgIpc) is 2.96. The molecule has 1 saturated heterocycles. The van der Waals surface area contributed by atoms with E-state index in [9.17, 15) is 9.18 Å². The van der Waals surface area contributed by atoms with Gasteiger partial charge < -0.3 is 4.90 Å². The van der Waals surface area contributed by atoms with E-state index in [1.54, 1.807) is 23.4 Å². The smallest absolute Gasteiger partial charge is 0.244 e. The first-order valence-electron chi connectivity index (χ1n) is 8.02. The summed E-state index contributed by atoms with van der Waals surface area (Å²) in [6, 6.07) is 8.12. The topological polar surface area (TPSA) is 45.2 Å². The van der Waals surface area contributed by atoms with Crippen molar-refractivity contribution >= 4 is 23.2 Å². The maximum Gasteiger partial charge on any atom is 0.244 e. The summed E-state index contributed by atoms with van der Waals surface area (Å²) in [5.41, 5.74) is 1.75. The van der Waals surface area contributed by atoms with Crippen LogP contribution in [0.25, 0.3) is 0 Å². The fourth-order valence-corrected chi connectivity index (χ4v) is 3.21. The molecule has 0 bridgehead atoms. The lowest BCUT2D eigenvalue weighted by Gasteiger charge is -2.22. The summed E-state index contributed by atoms with van der Waals surface area (Å²) in [6.07, 6.45) is 5.08. The Balaban J connectivity index is 1.72. The second-order valence-corrected chi connectivity index (χ2v) is 6.24. The minimum Gasteiger partial charge on any atom is -0.311 e. The molecular weight excluding hydrogens is 329 g/mol. The van der Waals surface area contributed by atoms with Crippen LogP contribution in [0, 0.1) is 5.82 Å². The Kier molecular flexibility index (Phi) is 5.11. The zero-order valence-corrected chi connectivity index (χ0v) is 14.1. The Morgan fingerprint density at radius 1 is 1.38 bits per heavy atom. The van der Waals surface area contributed by atoms with Crippen molar-refractivity contribution in [3.8, 4) is 0 Å². The first kappa shape index (κ1) is 16.9. The van der Waals surface area contributed by atoms with E-state index in [0.29, 0.717) is 18.7 Å². The van der Waals surface area contributed by atoms with Crippen molar-refractivity contribution in [3.05, 3.63) is 59.1 Å². The maximum absolute atomic E-state index is 13.3. The minimum atomic E-state index is -0.481. The predicted molar refractivity (Wildman–Crippen MR) is 92.6 cm³/mol. The van der Waals surface area contributed by atoms with E-state index in [4.69, 9.17) is 11.6 Å². The average molecular weight is 348 g/mol. The van der Waals surface area contributed by atoms with E-state index >= 15 is 0 Å². The molecule has 2 aromatic rings. The van der Waals surface area contributed by atoms with Gasteiger partial charge in [0.1, 0.15) is 5.82 Å². The number of nitrogens with one attached hydrogen (secondary N) is 1. The third-order valence-corrected chi connectivity index (χ3v) is 4.63. The number of pyridine rings is 1. The highest BCUT2D eigenvalue weighted by Gasteiger charge is 2.34. The lowest BCUT2D eigenvalue weighted by atomic mass is 10.0. The highest BCUT2D eigenvalue weighted by atomic mass is 35.5. The Morgan fingerprint density at radius 2 is 2.12 bits per heavy atom. The normalized spacial score (nSPS) is 18.9. The molecule has 6 heteroatoms. The van der Waals surface area contributed by atoms with E-state index in [0.717, 1.165) is 12.0 Å². The van der Waals surface area contributed by atoms with Crippen LogP contribution in [-0.4, -0.2) is 23.5 Å². The predicted octanol–water partition coefficient (Wildman–Crippen LogP) is 3.72. The van der Waals surface area contributed by atoms with Gasteiger partial charge in [0.15, 0.2) is 0 Å². The number of benzene rings is 1. The standard InChI is InChI=1S/C18H19ClFN3O/c1-2-16(12-5-8-21-9-6-12)22-17-7-10-23(18(17)24)13-3-4-15(20)14(19)11-13/h3-6,8-9,11,16-17,22H,2,7,10H2,1H3. The van der Waals surface area contributed by atoms with E-state index in [1.807, 2.05) is 12.1 Å². The van der Waals surface area contributed by atoms with Crippen LogP contribution in [0.2, 0.25) is 5.02 Å². The van der Waals surface area contributed by atoms with Crippen LogP contribution < -0.4 is 10.2 Å². The molecular formula is C18H19ClFN3O. The minimum absolute atomic E-state index is 0.00909. The fourth-order valence-electron chi connectivity index (χ4n) is 3.03. The number of hydrogen-bond donors (Lipinski definition) is 1. The molecule has 1 N–H and O–H groups in total. The number of carbonyl (C=O) groups excluding carboxylic acids is 1. The van der Waals surface area contributed by atoms with Crippen molar-refractivity contribution < 1.29 is 9.18 Å². The van der Waals surface area contributed by atoms with E-state index in [2.05, 4.69) is 17.2 Å². The molecule has 0 saturated carbocycles. The summed E-state index contributed by atoms with van der Waals surface area (Å²) in [6.45, 7) is 2.67. The number of anilines is 1. The zero-order chi connectivity index (χ0) is 17.1. The molecule has 3 rings (SSSR count). The monoisotopic (exact) mass is 347 g/mol. The highest BCUT2D eigenvalue weighted by molar-refractivity contribution is 6.31.